The zero-order valence-corrected chi connectivity index (χ0v) is 23.6. The van der Waals surface area contributed by atoms with Gasteiger partial charge in [-0.05, 0) is 56.0 Å². The summed E-state index contributed by atoms with van der Waals surface area (Å²) in [7, 11) is 4.60. The fraction of sp³-hybridized carbons (Fsp3) is 0.414. The number of rotatable bonds is 11. The second-order valence-electron chi connectivity index (χ2n) is 9.22. The summed E-state index contributed by atoms with van der Waals surface area (Å²) in [4.78, 5) is 34.3. The van der Waals surface area contributed by atoms with Gasteiger partial charge < -0.3 is 29.2 Å². The molecule has 2 amide bonds. The normalized spacial score (nSPS) is 15.2. The molecule has 1 N–H and O–H groups in total. The monoisotopic (exact) mass is 553 g/mol. The number of ether oxygens (including phenoxy) is 4. The molecule has 208 valence electrons. The minimum atomic E-state index is -0.640. The number of aromatic nitrogens is 1. The maximum Gasteiger partial charge on any atom is 0.262 e. The van der Waals surface area contributed by atoms with Gasteiger partial charge in [0.2, 0.25) is 5.91 Å². The van der Waals surface area contributed by atoms with Crippen molar-refractivity contribution in [3.8, 4) is 23.0 Å². The number of aryl methyl sites for hydroxylation is 1. The van der Waals surface area contributed by atoms with Crippen molar-refractivity contribution in [1.29, 1.82) is 0 Å². The van der Waals surface area contributed by atoms with Crippen LogP contribution in [0.15, 0.2) is 41.9 Å². The molecule has 1 atom stereocenters. The molecular weight excluding hydrogens is 518 g/mol. The molecular formula is C29H35N3O6S. The van der Waals surface area contributed by atoms with E-state index in [0.717, 1.165) is 30.5 Å². The van der Waals surface area contributed by atoms with Gasteiger partial charge in [0.15, 0.2) is 11.5 Å². The molecule has 2 aromatic carbocycles. The second kappa shape index (κ2) is 13.3. The number of nitrogens with zero attached hydrogens (tertiary/aromatic N) is 2. The lowest BCUT2D eigenvalue weighted by atomic mass is 10.0. The van der Waals surface area contributed by atoms with Gasteiger partial charge in [-0.1, -0.05) is 12.1 Å². The standard InChI is InChI=1S/C29H35N3O6S/c1-19-26(39-18-31-19)13-15-38-22-12-11-20(16-25(22)37-4)17-32(21-8-5-6-14-30-28(21)33)29(34)27-23(35-2)9-7-10-24(27)36-3/h7,9-12,16,18,21H,5-6,8,13-15,17H2,1-4H3,(H,30,33)/t21-/m0/s1. The topological polar surface area (TPSA) is 99.2 Å². The molecule has 10 heteroatoms. The minimum absolute atomic E-state index is 0.167. The SMILES string of the molecule is COc1cc(CN(C(=O)c2c(OC)cccc2OC)[C@H]2CCCCNC2=O)ccc1OCCc1scnc1C. The highest BCUT2D eigenvalue weighted by molar-refractivity contribution is 7.09. The zero-order chi connectivity index (χ0) is 27.8. The second-order valence-corrected chi connectivity index (χ2v) is 10.2. The van der Waals surface area contributed by atoms with E-state index in [1.165, 1.54) is 19.1 Å². The Kier molecular flexibility index (Phi) is 9.64. The Hall–Kier alpha value is -3.79. The molecule has 0 saturated carbocycles. The van der Waals surface area contributed by atoms with E-state index in [2.05, 4.69) is 10.3 Å². The third-order valence-corrected chi connectivity index (χ3v) is 7.79. The number of hydrogen-bond acceptors (Lipinski definition) is 8. The molecule has 4 rings (SSSR count). The lowest BCUT2D eigenvalue weighted by Crippen LogP contribution is -2.48. The van der Waals surface area contributed by atoms with Gasteiger partial charge in [0.1, 0.15) is 23.1 Å². The first-order valence-corrected chi connectivity index (χ1v) is 13.8. The number of benzene rings is 2. The number of carbonyl (C=O) groups excluding carboxylic acids is 2. The average molecular weight is 554 g/mol. The van der Waals surface area contributed by atoms with Crippen LogP contribution in [0.5, 0.6) is 23.0 Å². The molecule has 1 aromatic heterocycles. The van der Waals surface area contributed by atoms with Crippen molar-refractivity contribution in [2.24, 2.45) is 0 Å². The Morgan fingerprint density at radius 2 is 1.79 bits per heavy atom. The van der Waals surface area contributed by atoms with Crippen LogP contribution in [-0.4, -0.2) is 62.2 Å². The third kappa shape index (κ3) is 6.62. The van der Waals surface area contributed by atoms with Crippen LogP contribution in [0.1, 0.15) is 45.8 Å². The van der Waals surface area contributed by atoms with Crippen molar-refractivity contribution in [1.82, 2.24) is 15.2 Å². The van der Waals surface area contributed by atoms with Crippen molar-refractivity contribution in [3.05, 3.63) is 63.6 Å². The van der Waals surface area contributed by atoms with Gasteiger partial charge in [0, 0.05) is 24.4 Å². The summed E-state index contributed by atoms with van der Waals surface area (Å²) in [6, 6.07) is 10.1. The Morgan fingerprint density at radius 1 is 1.05 bits per heavy atom. The molecule has 1 saturated heterocycles. The Bertz CT molecular complexity index is 1270. The van der Waals surface area contributed by atoms with E-state index in [4.69, 9.17) is 18.9 Å². The number of thiazole rings is 1. The van der Waals surface area contributed by atoms with Crippen LogP contribution in [0.25, 0.3) is 0 Å². The summed E-state index contributed by atoms with van der Waals surface area (Å²) in [6.07, 6.45) is 3.00. The van der Waals surface area contributed by atoms with E-state index in [0.29, 0.717) is 42.6 Å². The molecule has 9 nitrogen and oxygen atoms in total. The summed E-state index contributed by atoms with van der Waals surface area (Å²) in [5.41, 5.74) is 3.94. The predicted molar refractivity (Wildman–Crippen MR) is 149 cm³/mol. The highest BCUT2D eigenvalue weighted by atomic mass is 32.1. The van der Waals surface area contributed by atoms with Crippen molar-refractivity contribution in [2.45, 2.75) is 45.2 Å². The van der Waals surface area contributed by atoms with Gasteiger partial charge in [-0.15, -0.1) is 11.3 Å². The number of carbonyl (C=O) groups is 2. The first-order valence-electron chi connectivity index (χ1n) is 12.9. The van der Waals surface area contributed by atoms with E-state index in [1.54, 1.807) is 41.5 Å². The molecule has 0 unspecified atom stereocenters. The molecule has 1 aliphatic rings. The van der Waals surface area contributed by atoms with Gasteiger partial charge in [0.25, 0.3) is 5.91 Å². The first-order chi connectivity index (χ1) is 19.0. The number of hydrogen-bond donors (Lipinski definition) is 1. The summed E-state index contributed by atoms with van der Waals surface area (Å²) < 4.78 is 22.7. The average Bonchev–Trinajstić information content (AvgIpc) is 3.25. The van der Waals surface area contributed by atoms with Crippen molar-refractivity contribution in [2.75, 3.05) is 34.5 Å². The number of amides is 2. The number of methoxy groups -OCH3 is 3. The Labute approximate surface area is 233 Å². The first kappa shape index (κ1) is 28.2. The van der Waals surface area contributed by atoms with E-state index < -0.39 is 6.04 Å². The lowest BCUT2D eigenvalue weighted by Gasteiger charge is -2.31. The third-order valence-electron chi connectivity index (χ3n) is 6.80. The molecule has 1 fully saturated rings. The van der Waals surface area contributed by atoms with Gasteiger partial charge in [-0.2, -0.15) is 0 Å². The van der Waals surface area contributed by atoms with Crippen molar-refractivity contribution < 1.29 is 28.5 Å². The lowest BCUT2D eigenvalue weighted by molar-refractivity contribution is -0.125. The van der Waals surface area contributed by atoms with Crippen LogP contribution in [0.4, 0.5) is 0 Å². The van der Waals surface area contributed by atoms with Crippen LogP contribution in [0.3, 0.4) is 0 Å². The highest BCUT2D eigenvalue weighted by Gasteiger charge is 2.34. The summed E-state index contributed by atoms with van der Waals surface area (Å²) >= 11 is 1.61. The van der Waals surface area contributed by atoms with Crippen LogP contribution >= 0.6 is 11.3 Å². The number of nitrogens with one attached hydrogen (secondary N) is 1. The fourth-order valence-electron chi connectivity index (χ4n) is 4.70. The van der Waals surface area contributed by atoms with Crippen molar-refractivity contribution >= 4 is 23.2 Å². The molecule has 39 heavy (non-hydrogen) atoms. The van der Waals surface area contributed by atoms with Crippen molar-refractivity contribution in [3.63, 3.8) is 0 Å². The molecule has 0 spiro atoms. The van der Waals surface area contributed by atoms with Gasteiger partial charge >= 0.3 is 0 Å². The largest absolute Gasteiger partial charge is 0.496 e. The minimum Gasteiger partial charge on any atom is -0.496 e. The van der Waals surface area contributed by atoms with E-state index in [1.807, 2.05) is 30.6 Å². The Balaban J connectivity index is 1.61. The molecule has 1 aliphatic heterocycles. The van der Waals surface area contributed by atoms with Gasteiger partial charge in [-0.25, -0.2) is 4.98 Å². The van der Waals surface area contributed by atoms with Crippen LogP contribution in [0.2, 0.25) is 0 Å². The highest BCUT2D eigenvalue weighted by Crippen LogP contribution is 2.33. The Morgan fingerprint density at radius 3 is 2.46 bits per heavy atom. The predicted octanol–water partition coefficient (Wildman–Crippen LogP) is 4.41. The summed E-state index contributed by atoms with van der Waals surface area (Å²) in [5.74, 6) is 1.43. The van der Waals surface area contributed by atoms with Gasteiger partial charge in [-0.3, -0.25) is 9.59 Å². The summed E-state index contributed by atoms with van der Waals surface area (Å²) in [5, 5.41) is 2.95. The fourth-order valence-corrected chi connectivity index (χ4v) is 5.46. The van der Waals surface area contributed by atoms with E-state index >= 15 is 0 Å². The summed E-state index contributed by atoms with van der Waals surface area (Å²) in [6.45, 7) is 3.26. The van der Waals surface area contributed by atoms with Crippen LogP contribution in [-0.2, 0) is 17.8 Å². The maximum absolute atomic E-state index is 14.1. The van der Waals surface area contributed by atoms with Crippen LogP contribution < -0.4 is 24.3 Å². The molecule has 3 aromatic rings. The van der Waals surface area contributed by atoms with E-state index in [-0.39, 0.29) is 23.9 Å². The maximum atomic E-state index is 14.1. The van der Waals surface area contributed by atoms with Gasteiger partial charge in [0.05, 0.1) is 39.1 Å². The molecule has 2 heterocycles. The van der Waals surface area contributed by atoms with E-state index in [9.17, 15) is 9.59 Å². The quantitative estimate of drug-likeness (QED) is 0.376. The molecule has 0 aliphatic carbocycles. The van der Waals surface area contributed by atoms with Crippen LogP contribution in [0, 0.1) is 6.92 Å². The molecule has 0 bridgehead atoms. The molecule has 0 radical (unpaired) electrons. The zero-order valence-electron chi connectivity index (χ0n) is 22.8. The smallest absolute Gasteiger partial charge is 0.262 e.